The molecule has 0 saturated carbocycles. The summed E-state index contributed by atoms with van der Waals surface area (Å²) < 4.78 is 10.5. The van der Waals surface area contributed by atoms with Gasteiger partial charge in [0.05, 0.1) is 20.1 Å². The van der Waals surface area contributed by atoms with Crippen LogP contribution in [-0.4, -0.2) is 49.5 Å². The Morgan fingerprint density at radius 1 is 1.25 bits per heavy atom. The number of carbonyl (C=O) groups excluding carboxylic acids is 2. The van der Waals surface area contributed by atoms with E-state index < -0.39 is 5.54 Å². The van der Waals surface area contributed by atoms with E-state index in [1.54, 1.807) is 13.2 Å². The van der Waals surface area contributed by atoms with Gasteiger partial charge < -0.3 is 9.47 Å². The largest absolute Gasteiger partial charge is 0.501 e. The Morgan fingerprint density at radius 2 is 1.90 bits per heavy atom. The van der Waals surface area contributed by atoms with Crippen molar-refractivity contribution in [2.24, 2.45) is 11.8 Å². The monoisotopic (exact) mass is 279 g/mol. The Labute approximate surface area is 118 Å². The number of ether oxygens (including phenoxy) is 2. The van der Waals surface area contributed by atoms with Gasteiger partial charge in [0.15, 0.2) is 5.78 Å². The minimum Gasteiger partial charge on any atom is -0.501 e. The number of methoxy groups -OCH3 is 2. The predicted octanol–water partition coefficient (Wildman–Crippen LogP) is 1.13. The highest BCUT2D eigenvalue weighted by Gasteiger charge is 2.64. The molecule has 0 bridgehead atoms. The normalized spacial score (nSPS) is 36.9. The fraction of sp³-hybridized carbons (Fsp3) is 0.733. The average Bonchev–Trinajstić information content (AvgIpc) is 2.49. The molecular weight excluding hydrogens is 258 g/mol. The number of ketones is 1. The zero-order valence-corrected chi connectivity index (χ0v) is 12.1. The highest BCUT2D eigenvalue weighted by Crippen LogP contribution is 2.51. The summed E-state index contributed by atoms with van der Waals surface area (Å²) >= 11 is 0. The highest BCUT2D eigenvalue weighted by molar-refractivity contribution is 6.00. The van der Waals surface area contributed by atoms with Gasteiger partial charge in [-0.3, -0.25) is 9.69 Å². The molecule has 110 valence electrons. The second kappa shape index (κ2) is 4.88. The summed E-state index contributed by atoms with van der Waals surface area (Å²) in [5.41, 5.74) is -0.831. The van der Waals surface area contributed by atoms with Gasteiger partial charge in [-0.2, -0.15) is 0 Å². The quantitative estimate of drug-likeness (QED) is 0.709. The smallest absolute Gasteiger partial charge is 0.327 e. The number of nitrogens with zero attached hydrogens (tertiary/aromatic N) is 1. The lowest BCUT2D eigenvalue weighted by atomic mass is 9.60. The Morgan fingerprint density at radius 3 is 2.50 bits per heavy atom. The van der Waals surface area contributed by atoms with Crippen LogP contribution in [0.15, 0.2) is 11.8 Å². The number of hydrogen-bond donors (Lipinski definition) is 0. The molecule has 2 aliphatic heterocycles. The minimum absolute atomic E-state index is 0.00935. The van der Waals surface area contributed by atoms with Gasteiger partial charge in [-0.15, -0.1) is 0 Å². The molecule has 5 heteroatoms. The van der Waals surface area contributed by atoms with Gasteiger partial charge in [0.25, 0.3) is 0 Å². The Hall–Kier alpha value is -1.36. The van der Waals surface area contributed by atoms with Crippen molar-refractivity contribution in [3.63, 3.8) is 0 Å². The number of carbonyl (C=O) groups is 2. The molecule has 0 amide bonds. The van der Waals surface area contributed by atoms with E-state index in [0.717, 1.165) is 38.8 Å². The lowest BCUT2D eigenvalue weighted by Crippen LogP contribution is -2.71. The van der Waals surface area contributed by atoms with E-state index in [4.69, 9.17) is 9.47 Å². The molecule has 2 heterocycles. The van der Waals surface area contributed by atoms with Crippen LogP contribution in [0.5, 0.6) is 0 Å². The Balaban J connectivity index is 2.17. The molecular formula is C15H21NO4. The second-order valence-corrected chi connectivity index (χ2v) is 5.85. The van der Waals surface area contributed by atoms with Crippen LogP contribution in [0.2, 0.25) is 0 Å². The summed E-state index contributed by atoms with van der Waals surface area (Å²) in [6.45, 7) is 1.71. The van der Waals surface area contributed by atoms with Crippen LogP contribution < -0.4 is 0 Å². The second-order valence-electron chi connectivity index (χ2n) is 5.85. The maximum atomic E-state index is 12.6. The van der Waals surface area contributed by atoms with Crippen molar-refractivity contribution in [1.82, 2.24) is 4.90 Å². The number of rotatable bonds is 2. The van der Waals surface area contributed by atoms with E-state index in [9.17, 15) is 9.59 Å². The van der Waals surface area contributed by atoms with Gasteiger partial charge in [-0.1, -0.05) is 0 Å². The van der Waals surface area contributed by atoms with Crippen LogP contribution in [0.25, 0.3) is 0 Å². The molecule has 0 N–H and O–H groups in total. The minimum atomic E-state index is -0.831. The molecule has 0 spiro atoms. The molecule has 1 aliphatic carbocycles. The van der Waals surface area contributed by atoms with E-state index in [0.29, 0.717) is 5.76 Å². The summed E-state index contributed by atoms with van der Waals surface area (Å²) in [5.74, 6) is 0.0332. The number of piperidine rings is 2. The molecule has 3 atom stereocenters. The summed E-state index contributed by atoms with van der Waals surface area (Å²) in [6, 6.07) is 0. The fourth-order valence-electron chi connectivity index (χ4n) is 4.42. The summed E-state index contributed by atoms with van der Waals surface area (Å²) in [4.78, 5) is 27.3. The van der Waals surface area contributed by atoms with Crippen molar-refractivity contribution >= 4 is 11.8 Å². The Bertz CT molecular complexity index is 470. The first-order chi connectivity index (χ1) is 9.66. The summed E-state index contributed by atoms with van der Waals surface area (Å²) in [7, 11) is 2.99. The molecule has 3 rings (SSSR count). The van der Waals surface area contributed by atoms with E-state index in [2.05, 4.69) is 4.90 Å². The van der Waals surface area contributed by atoms with E-state index >= 15 is 0 Å². The van der Waals surface area contributed by atoms with Crippen LogP contribution in [0.4, 0.5) is 0 Å². The fourth-order valence-corrected chi connectivity index (χ4v) is 4.42. The van der Waals surface area contributed by atoms with Gasteiger partial charge >= 0.3 is 5.97 Å². The van der Waals surface area contributed by atoms with Crippen molar-refractivity contribution in [1.29, 1.82) is 0 Å². The predicted molar refractivity (Wildman–Crippen MR) is 71.9 cm³/mol. The molecule has 2 saturated heterocycles. The topological polar surface area (TPSA) is 55.8 Å². The van der Waals surface area contributed by atoms with E-state index in [-0.39, 0.29) is 23.6 Å². The van der Waals surface area contributed by atoms with Gasteiger partial charge in [0.1, 0.15) is 11.3 Å². The van der Waals surface area contributed by atoms with E-state index in [1.165, 1.54) is 7.11 Å². The first kappa shape index (κ1) is 13.6. The van der Waals surface area contributed by atoms with E-state index in [1.807, 2.05) is 0 Å². The molecule has 3 aliphatic rings. The zero-order valence-electron chi connectivity index (χ0n) is 12.1. The van der Waals surface area contributed by atoms with Crippen molar-refractivity contribution in [2.45, 2.75) is 31.2 Å². The summed E-state index contributed by atoms with van der Waals surface area (Å²) in [6.07, 6.45) is 5.21. The molecule has 5 nitrogen and oxygen atoms in total. The molecule has 0 radical (unpaired) electrons. The zero-order chi connectivity index (χ0) is 14.3. The lowest BCUT2D eigenvalue weighted by Gasteiger charge is -2.57. The number of allylic oxidation sites excluding steroid dienone is 1. The van der Waals surface area contributed by atoms with Crippen LogP contribution in [0, 0.1) is 11.8 Å². The highest BCUT2D eigenvalue weighted by atomic mass is 16.5. The van der Waals surface area contributed by atoms with Gasteiger partial charge in [-0.25, -0.2) is 4.79 Å². The maximum absolute atomic E-state index is 12.6. The molecule has 0 aromatic rings. The van der Waals surface area contributed by atoms with Crippen LogP contribution in [-0.2, 0) is 19.1 Å². The summed E-state index contributed by atoms with van der Waals surface area (Å²) in [5, 5.41) is 0. The van der Waals surface area contributed by atoms with Crippen LogP contribution in [0.1, 0.15) is 25.7 Å². The van der Waals surface area contributed by atoms with Crippen molar-refractivity contribution in [2.75, 3.05) is 27.3 Å². The lowest BCUT2D eigenvalue weighted by molar-refractivity contribution is -0.178. The van der Waals surface area contributed by atoms with Gasteiger partial charge in [0.2, 0.25) is 0 Å². The third-order valence-corrected chi connectivity index (χ3v) is 5.15. The molecule has 0 unspecified atom stereocenters. The third kappa shape index (κ3) is 1.59. The van der Waals surface area contributed by atoms with Crippen LogP contribution in [0.3, 0.4) is 0 Å². The first-order valence-corrected chi connectivity index (χ1v) is 7.29. The Kier molecular flexibility index (Phi) is 3.32. The van der Waals surface area contributed by atoms with Crippen molar-refractivity contribution in [3.05, 3.63) is 11.8 Å². The van der Waals surface area contributed by atoms with Gasteiger partial charge in [-0.05, 0) is 38.8 Å². The molecule has 0 aromatic carbocycles. The molecule has 20 heavy (non-hydrogen) atoms. The number of esters is 1. The SMILES string of the molecule is COC(=O)[C@@]12[C@@H]3CCCN1CCC[C@H]2C(=O)C=C3OC. The van der Waals surface area contributed by atoms with Gasteiger partial charge in [0, 0.05) is 12.0 Å². The van der Waals surface area contributed by atoms with Crippen molar-refractivity contribution in [3.8, 4) is 0 Å². The molecule has 0 aromatic heterocycles. The average molecular weight is 279 g/mol. The first-order valence-electron chi connectivity index (χ1n) is 7.29. The van der Waals surface area contributed by atoms with Crippen molar-refractivity contribution < 1.29 is 19.1 Å². The standard InChI is InChI=1S/C15H21NO4/c1-19-13-9-12(17)10-5-3-7-16-8-4-6-11(13)15(10,16)14(18)20-2/h9-11H,3-8H2,1-2H3/t10-,11+,15+/m0/s1. The van der Waals surface area contributed by atoms with Crippen LogP contribution >= 0.6 is 0 Å². The maximum Gasteiger partial charge on any atom is 0.327 e. The molecule has 2 fully saturated rings. The third-order valence-electron chi connectivity index (χ3n) is 5.15. The number of hydrogen-bond acceptors (Lipinski definition) is 5.